The van der Waals surface area contributed by atoms with Crippen LogP contribution in [0.1, 0.15) is 18.1 Å². The summed E-state index contributed by atoms with van der Waals surface area (Å²) in [4.78, 5) is 8.20. The van der Waals surface area contributed by atoms with Crippen LogP contribution in [-0.2, 0) is 16.6 Å². The van der Waals surface area contributed by atoms with Crippen molar-refractivity contribution < 1.29 is 8.42 Å². The number of nitrogens with zero attached hydrogens (tertiary/aromatic N) is 2. The van der Waals surface area contributed by atoms with Crippen LogP contribution < -0.4 is 15.8 Å². The fourth-order valence-corrected chi connectivity index (χ4v) is 2.68. The molecule has 0 aliphatic rings. The number of hydrogen-bond acceptors (Lipinski definition) is 7. The lowest BCUT2D eigenvalue weighted by atomic mass is 10.2. The highest BCUT2D eigenvalue weighted by Crippen LogP contribution is 2.22. The van der Waals surface area contributed by atoms with Crippen LogP contribution >= 0.6 is 11.6 Å². The summed E-state index contributed by atoms with van der Waals surface area (Å²) in [7, 11) is -3.71. The van der Waals surface area contributed by atoms with Gasteiger partial charge in [-0.1, -0.05) is 12.1 Å². The summed E-state index contributed by atoms with van der Waals surface area (Å²) in [5.41, 5.74) is 1.31. The number of benzene rings is 1. The van der Waals surface area contributed by atoms with Gasteiger partial charge in [0, 0.05) is 19.3 Å². The molecule has 5 N–H and O–H groups in total. The van der Waals surface area contributed by atoms with E-state index in [0.29, 0.717) is 30.3 Å². The quantitative estimate of drug-likeness (QED) is 0.435. The van der Waals surface area contributed by atoms with E-state index in [-0.39, 0.29) is 10.2 Å². The van der Waals surface area contributed by atoms with Crippen molar-refractivity contribution in [1.82, 2.24) is 9.97 Å². The average molecular weight is 369 g/mol. The van der Waals surface area contributed by atoms with Gasteiger partial charge >= 0.3 is 0 Å². The Morgan fingerprint density at radius 2 is 1.79 bits per heavy atom. The largest absolute Gasteiger partial charge is 0.370 e. The number of aromatic nitrogens is 2. The molecule has 0 bridgehead atoms. The maximum Gasteiger partial charge on any atom is 0.238 e. The average Bonchev–Trinajstić information content (AvgIpc) is 2.52. The summed E-state index contributed by atoms with van der Waals surface area (Å²) in [6, 6.07) is 6.15. The molecule has 0 atom stereocenters. The molecule has 0 radical (unpaired) electrons. The first kappa shape index (κ1) is 18.1. The van der Waals surface area contributed by atoms with Crippen LogP contribution in [0.3, 0.4) is 0 Å². The number of nitrogens with two attached hydrogens (primary N) is 1. The van der Waals surface area contributed by atoms with Crippen LogP contribution in [-0.4, -0.2) is 31.1 Å². The van der Waals surface area contributed by atoms with Gasteiger partial charge in [-0.05, 0) is 36.2 Å². The number of nitrogens with one attached hydrogen (secondary N) is 3. The van der Waals surface area contributed by atoms with E-state index in [9.17, 15) is 8.42 Å². The SMILES string of the molecule is CCNc1nc(Cl)nc(NCc2ccc(S(N)(=O)=O)cc2)c1C=N. The predicted octanol–water partition coefficient (Wildman–Crippen LogP) is 1.82. The van der Waals surface area contributed by atoms with Crippen LogP contribution in [0.4, 0.5) is 11.6 Å². The van der Waals surface area contributed by atoms with E-state index < -0.39 is 10.0 Å². The first-order chi connectivity index (χ1) is 11.3. The standard InChI is InChI=1S/C14H17ClN6O2S/c1-2-18-12-11(7-16)13(21-14(15)20-12)19-8-9-3-5-10(6-4-9)24(17,22)23/h3-7,16H,2,8H2,1H3,(H2,17,22,23)(H2,18,19,20,21). The number of hydrogen-bond donors (Lipinski definition) is 4. The van der Waals surface area contributed by atoms with Crippen molar-refractivity contribution in [3.8, 4) is 0 Å². The van der Waals surface area contributed by atoms with Gasteiger partial charge in [-0.25, -0.2) is 13.6 Å². The monoisotopic (exact) mass is 368 g/mol. The second-order valence-corrected chi connectivity index (χ2v) is 6.72. The number of primary sulfonamides is 1. The summed E-state index contributed by atoms with van der Waals surface area (Å²) in [5, 5.41) is 18.8. The van der Waals surface area contributed by atoms with Gasteiger partial charge in [-0.2, -0.15) is 9.97 Å². The van der Waals surface area contributed by atoms with E-state index >= 15 is 0 Å². The molecule has 1 heterocycles. The smallest absolute Gasteiger partial charge is 0.238 e. The first-order valence-electron chi connectivity index (χ1n) is 7.02. The van der Waals surface area contributed by atoms with E-state index in [1.165, 1.54) is 12.1 Å². The summed E-state index contributed by atoms with van der Waals surface area (Å²) < 4.78 is 22.5. The molecule has 0 saturated carbocycles. The molecule has 1 aromatic heterocycles. The molecule has 0 fully saturated rings. The Kier molecular flexibility index (Phi) is 5.71. The van der Waals surface area contributed by atoms with Gasteiger partial charge in [0.25, 0.3) is 0 Å². The summed E-state index contributed by atoms with van der Waals surface area (Å²) in [6.45, 7) is 2.90. The van der Waals surface area contributed by atoms with Gasteiger partial charge in [0.15, 0.2) is 0 Å². The van der Waals surface area contributed by atoms with Gasteiger partial charge in [0.1, 0.15) is 11.6 Å². The second kappa shape index (κ2) is 7.56. The molecule has 8 nitrogen and oxygen atoms in total. The van der Waals surface area contributed by atoms with Crippen molar-refractivity contribution in [3.05, 3.63) is 40.7 Å². The van der Waals surface area contributed by atoms with Gasteiger partial charge in [-0.15, -0.1) is 0 Å². The van der Waals surface area contributed by atoms with Crippen LogP contribution in [0.25, 0.3) is 0 Å². The highest BCUT2D eigenvalue weighted by molar-refractivity contribution is 7.89. The Morgan fingerprint density at radius 1 is 1.21 bits per heavy atom. The molecule has 24 heavy (non-hydrogen) atoms. The molecular weight excluding hydrogens is 352 g/mol. The lowest BCUT2D eigenvalue weighted by Gasteiger charge is -2.13. The number of sulfonamides is 1. The maximum atomic E-state index is 11.2. The minimum absolute atomic E-state index is 0.0472. The molecule has 0 aliphatic heterocycles. The van der Waals surface area contributed by atoms with Crippen LogP contribution in [0.2, 0.25) is 5.28 Å². The van der Waals surface area contributed by atoms with Gasteiger partial charge in [0.2, 0.25) is 15.3 Å². The van der Waals surface area contributed by atoms with E-state index in [1.54, 1.807) is 12.1 Å². The molecule has 0 unspecified atom stereocenters. The minimum atomic E-state index is -3.71. The van der Waals surface area contributed by atoms with Crippen molar-refractivity contribution in [2.24, 2.45) is 5.14 Å². The molecule has 0 saturated heterocycles. The third-order valence-electron chi connectivity index (χ3n) is 3.12. The zero-order valence-electron chi connectivity index (χ0n) is 12.9. The van der Waals surface area contributed by atoms with Crippen LogP contribution in [0.5, 0.6) is 0 Å². The molecule has 2 rings (SSSR count). The Bertz CT molecular complexity index is 839. The summed E-state index contributed by atoms with van der Waals surface area (Å²) >= 11 is 5.91. The van der Waals surface area contributed by atoms with Crippen LogP contribution in [0.15, 0.2) is 29.2 Å². The molecule has 2 aromatic rings. The molecule has 1 aromatic carbocycles. The van der Waals surface area contributed by atoms with Crippen LogP contribution in [0, 0.1) is 5.41 Å². The Labute approximate surface area is 145 Å². The van der Waals surface area contributed by atoms with E-state index in [0.717, 1.165) is 11.8 Å². The van der Waals surface area contributed by atoms with Gasteiger partial charge < -0.3 is 16.0 Å². The zero-order valence-corrected chi connectivity index (χ0v) is 14.4. The number of anilines is 2. The van der Waals surface area contributed by atoms with E-state index in [4.69, 9.17) is 22.1 Å². The fraction of sp³-hybridized carbons (Fsp3) is 0.214. The normalized spacial score (nSPS) is 11.1. The van der Waals surface area contributed by atoms with Gasteiger partial charge in [-0.3, -0.25) is 0 Å². The lowest BCUT2D eigenvalue weighted by molar-refractivity contribution is 0.598. The molecule has 0 aliphatic carbocycles. The predicted molar refractivity (Wildman–Crippen MR) is 94.2 cm³/mol. The minimum Gasteiger partial charge on any atom is -0.370 e. The summed E-state index contributed by atoms with van der Waals surface area (Å²) in [5.74, 6) is 0.885. The molecular formula is C14H17ClN6O2S. The zero-order chi connectivity index (χ0) is 17.7. The molecule has 10 heteroatoms. The highest BCUT2D eigenvalue weighted by Gasteiger charge is 2.12. The van der Waals surface area contributed by atoms with Gasteiger partial charge in [0.05, 0.1) is 10.5 Å². The van der Waals surface area contributed by atoms with Crippen molar-refractivity contribution in [3.63, 3.8) is 0 Å². The Balaban J connectivity index is 2.21. The molecule has 0 spiro atoms. The Hall–Kier alpha value is -2.23. The van der Waals surface area contributed by atoms with E-state index in [2.05, 4.69) is 20.6 Å². The number of halogens is 1. The van der Waals surface area contributed by atoms with E-state index in [1.807, 2.05) is 6.92 Å². The third kappa shape index (κ3) is 4.40. The maximum absolute atomic E-state index is 11.2. The lowest BCUT2D eigenvalue weighted by Crippen LogP contribution is -2.12. The molecule has 0 amide bonds. The fourth-order valence-electron chi connectivity index (χ4n) is 2.00. The third-order valence-corrected chi connectivity index (χ3v) is 4.22. The van der Waals surface area contributed by atoms with Crippen molar-refractivity contribution in [2.75, 3.05) is 17.2 Å². The van der Waals surface area contributed by atoms with Crippen molar-refractivity contribution in [1.29, 1.82) is 5.41 Å². The molecule has 128 valence electrons. The van der Waals surface area contributed by atoms with Crippen molar-refractivity contribution >= 4 is 39.5 Å². The second-order valence-electron chi connectivity index (χ2n) is 4.82. The highest BCUT2D eigenvalue weighted by atomic mass is 35.5. The topological polar surface area (TPSA) is 134 Å². The summed E-state index contributed by atoms with van der Waals surface area (Å²) in [6.07, 6.45) is 1.14. The van der Waals surface area contributed by atoms with Crippen molar-refractivity contribution in [2.45, 2.75) is 18.4 Å². The Morgan fingerprint density at radius 3 is 2.29 bits per heavy atom. The number of rotatable bonds is 7. The first-order valence-corrected chi connectivity index (χ1v) is 8.95.